The molecule has 3 amide bonds. The van der Waals surface area contributed by atoms with Gasteiger partial charge in [-0.05, 0) is 43.1 Å². The second kappa shape index (κ2) is 9.80. The standard InChI is InChI=1S/C23H30N4O3S/c1-3-4-16-5-7-17(8-6-16)24-23(29)25-21-20(22(28)27-11-13-30-14-12-27)18-9-10-26(2)15-19(18)31-21/h5-8H,3-4,9-15H2,1-2H3,(H2,24,25,29). The molecule has 2 N–H and O–H groups in total. The van der Waals surface area contributed by atoms with Crippen LogP contribution in [0.5, 0.6) is 0 Å². The Labute approximate surface area is 187 Å². The monoisotopic (exact) mass is 442 g/mol. The van der Waals surface area contributed by atoms with E-state index >= 15 is 0 Å². The minimum absolute atomic E-state index is 0.00966. The number of morpholine rings is 1. The number of aryl methyl sites for hydroxylation is 1. The van der Waals surface area contributed by atoms with Crippen molar-refractivity contribution in [1.82, 2.24) is 9.80 Å². The van der Waals surface area contributed by atoms with Gasteiger partial charge in [-0.25, -0.2) is 4.79 Å². The van der Waals surface area contributed by atoms with Crippen LogP contribution >= 0.6 is 11.3 Å². The van der Waals surface area contributed by atoms with Crippen molar-refractivity contribution < 1.29 is 14.3 Å². The molecule has 1 saturated heterocycles. The van der Waals surface area contributed by atoms with Gasteiger partial charge in [-0.3, -0.25) is 10.1 Å². The molecular weight excluding hydrogens is 412 g/mol. The highest BCUT2D eigenvalue weighted by atomic mass is 32.1. The molecule has 3 heterocycles. The van der Waals surface area contributed by atoms with Gasteiger partial charge >= 0.3 is 6.03 Å². The maximum Gasteiger partial charge on any atom is 0.324 e. The van der Waals surface area contributed by atoms with E-state index in [0.717, 1.165) is 48.5 Å². The Morgan fingerprint density at radius 2 is 1.84 bits per heavy atom. The number of hydrogen-bond acceptors (Lipinski definition) is 5. The summed E-state index contributed by atoms with van der Waals surface area (Å²) in [4.78, 5) is 31.3. The number of thiophene rings is 1. The van der Waals surface area contributed by atoms with Gasteiger partial charge in [0.05, 0.1) is 18.8 Å². The fraction of sp³-hybridized carbons (Fsp3) is 0.478. The molecule has 0 radical (unpaired) electrons. The highest BCUT2D eigenvalue weighted by Crippen LogP contribution is 2.38. The summed E-state index contributed by atoms with van der Waals surface area (Å²) in [6.45, 7) is 6.12. The van der Waals surface area contributed by atoms with Gasteiger partial charge < -0.3 is 19.9 Å². The maximum absolute atomic E-state index is 13.4. The molecule has 7 nitrogen and oxygen atoms in total. The lowest BCUT2D eigenvalue weighted by molar-refractivity contribution is 0.0303. The van der Waals surface area contributed by atoms with E-state index in [2.05, 4.69) is 29.5 Å². The van der Waals surface area contributed by atoms with Crippen LogP contribution in [0, 0.1) is 0 Å². The Hall–Kier alpha value is -2.42. The van der Waals surface area contributed by atoms with E-state index < -0.39 is 0 Å². The summed E-state index contributed by atoms with van der Waals surface area (Å²) >= 11 is 1.51. The van der Waals surface area contributed by atoms with Crippen LogP contribution in [0.4, 0.5) is 15.5 Å². The Morgan fingerprint density at radius 3 is 2.55 bits per heavy atom. The molecule has 4 rings (SSSR count). The average Bonchev–Trinajstić information content (AvgIpc) is 3.12. The Morgan fingerprint density at radius 1 is 1.10 bits per heavy atom. The Balaban J connectivity index is 1.53. The molecule has 8 heteroatoms. The van der Waals surface area contributed by atoms with Gasteiger partial charge in [0, 0.05) is 36.7 Å². The second-order valence-electron chi connectivity index (χ2n) is 8.13. The molecule has 31 heavy (non-hydrogen) atoms. The molecule has 1 fully saturated rings. The molecule has 2 aliphatic heterocycles. The summed E-state index contributed by atoms with van der Waals surface area (Å²) in [5.74, 6) is -0.00966. The van der Waals surface area contributed by atoms with E-state index in [4.69, 9.17) is 4.74 Å². The van der Waals surface area contributed by atoms with Gasteiger partial charge in [0.2, 0.25) is 0 Å². The SMILES string of the molecule is CCCc1ccc(NC(=O)Nc2sc3c(c2C(=O)N2CCOCC2)CCN(C)C3)cc1. The first-order valence-corrected chi connectivity index (χ1v) is 11.7. The van der Waals surface area contributed by atoms with Crippen molar-refractivity contribution in [3.63, 3.8) is 0 Å². The van der Waals surface area contributed by atoms with Crippen molar-refractivity contribution in [1.29, 1.82) is 0 Å². The van der Waals surface area contributed by atoms with Crippen LogP contribution in [0.3, 0.4) is 0 Å². The normalized spacial score (nSPS) is 16.6. The predicted octanol–water partition coefficient (Wildman–Crippen LogP) is 3.80. The summed E-state index contributed by atoms with van der Waals surface area (Å²) in [5.41, 5.74) is 3.73. The predicted molar refractivity (Wildman–Crippen MR) is 124 cm³/mol. The zero-order valence-electron chi connectivity index (χ0n) is 18.2. The molecule has 1 aromatic carbocycles. The molecule has 0 spiro atoms. The van der Waals surface area contributed by atoms with E-state index in [1.54, 1.807) is 0 Å². The molecule has 0 atom stereocenters. The first kappa shape index (κ1) is 21.8. The number of fused-ring (bicyclic) bond motifs is 1. The van der Waals surface area contributed by atoms with Crippen LogP contribution in [0.25, 0.3) is 0 Å². The van der Waals surface area contributed by atoms with Crippen LogP contribution < -0.4 is 10.6 Å². The lowest BCUT2D eigenvalue weighted by atomic mass is 10.0. The van der Waals surface area contributed by atoms with Crippen LogP contribution in [0.2, 0.25) is 0 Å². The van der Waals surface area contributed by atoms with Gasteiger partial charge in [-0.2, -0.15) is 0 Å². The number of likely N-dealkylation sites (N-methyl/N-ethyl adjacent to an activating group) is 1. The molecule has 0 saturated carbocycles. The van der Waals surface area contributed by atoms with Crippen LogP contribution in [0.1, 0.15) is 39.7 Å². The summed E-state index contributed by atoms with van der Waals surface area (Å²) in [6.07, 6.45) is 2.93. The van der Waals surface area contributed by atoms with Crippen molar-refractivity contribution in [2.24, 2.45) is 0 Å². The molecular formula is C23H30N4O3S. The van der Waals surface area contributed by atoms with Crippen LogP contribution in [0.15, 0.2) is 24.3 Å². The summed E-state index contributed by atoms with van der Waals surface area (Å²) in [7, 11) is 2.08. The van der Waals surface area contributed by atoms with Crippen molar-refractivity contribution in [2.75, 3.05) is 50.5 Å². The maximum atomic E-state index is 13.4. The molecule has 0 aliphatic carbocycles. The number of amides is 3. The van der Waals surface area contributed by atoms with Gasteiger partial charge in [-0.1, -0.05) is 25.5 Å². The van der Waals surface area contributed by atoms with Gasteiger partial charge in [0.1, 0.15) is 5.00 Å². The number of hydrogen-bond donors (Lipinski definition) is 2. The summed E-state index contributed by atoms with van der Waals surface area (Å²) < 4.78 is 5.40. The zero-order valence-corrected chi connectivity index (χ0v) is 19.0. The Kier molecular flexibility index (Phi) is 6.89. The number of rotatable bonds is 5. The van der Waals surface area contributed by atoms with Crippen molar-refractivity contribution in [2.45, 2.75) is 32.7 Å². The lowest BCUT2D eigenvalue weighted by Gasteiger charge is -2.28. The average molecular weight is 443 g/mol. The van der Waals surface area contributed by atoms with Crippen molar-refractivity contribution >= 4 is 34.0 Å². The van der Waals surface area contributed by atoms with Crippen LogP contribution in [-0.4, -0.2) is 61.6 Å². The summed E-state index contributed by atoms with van der Waals surface area (Å²) in [5, 5.41) is 6.49. The smallest absolute Gasteiger partial charge is 0.324 e. The third-order valence-electron chi connectivity index (χ3n) is 5.74. The minimum atomic E-state index is -0.328. The van der Waals surface area contributed by atoms with Gasteiger partial charge in [0.15, 0.2) is 0 Å². The number of urea groups is 1. The van der Waals surface area contributed by atoms with Crippen molar-refractivity contribution in [3.8, 4) is 0 Å². The highest BCUT2D eigenvalue weighted by molar-refractivity contribution is 7.17. The quantitative estimate of drug-likeness (QED) is 0.739. The topological polar surface area (TPSA) is 73.9 Å². The number of anilines is 2. The van der Waals surface area contributed by atoms with E-state index in [-0.39, 0.29) is 11.9 Å². The molecule has 1 aromatic heterocycles. The molecule has 0 unspecified atom stereocenters. The number of nitrogens with one attached hydrogen (secondary N) is 2. The fourth-order valence-corrected chi connectivity index (χ4v) is 5.39. The van der Waals surface area contributed by atoms with E-state index in [9.17, 15) is 9.59 Å². The lowest BCUT2D eigenvalue weighted by Crippen LogP contribution is -2.41. The minimum Gasteiger partial charge on any atom is -0.378 e. The van der Waals surface area contributed by atoms with Crippen LogP contribution in [-0.2, 0) is 24.1 Å². The highest BCUT2D eigenvalue weighted by Gasteiger charge is 2.31. The van der Waals surface area contributed by atoms with E-state index in [1.165, 1.54) is 16.9 Å². The third-order valence-corrected chi connectivity index (χ3v) is 6.87. The van der Waals surface area contributed by atoms with E-state index in [0.29, 0.717) is 36.9 Å². The Bertz CT molecular complexity index is 935. The summed E-state index contributed by atoms with van der Waals surface area (Å²) in [6, 6.07) is 7.57. The number of ether oxygens (including phenoxy) is 1. The zero-order chi connectivity index (χ0) is 21.8. The van der Waals surface area contributed by atoms with Gasteiger partial charge in [0.25, 0.3) is 5.91 Å². The van der Waals surface area contributed by atoms with E-state index in [1.807, 2.05) is 29.2 Å². The molecule has 166 valence electrons. The first-order chi connectivity index (χ1) is 15.0. The fourth-order valence-electron chi connectivity index (χ4n) is 4.08. The number of carbonyl (C=O) groups is 2. The molecule has 2 aliphatic rings. The molecule has 2 aromatic rings. The number of nitrogens with zero attached hydrogens (tertiary/aromatic N) is 2. The third kappa shape index (κ3) is 5.08. The first-order valence-electron chi connectivity index (χ1n) is 10.9. The van der Waals surface area contributed by atoms with Gasteiger partial charge in [-0.15, -0.1) is 11.3 Å². The number of benzene rings is 1. The second-order valence-corrected chi connectivity index (χ2v) is 9.23. The number of carbonyl (C=O) groups excluding carboxylic acids is 2. The largest absolute Gasteiger partial charge is 0.378 e. The molecule has 0 bridgehead atoms. The van der Waals surface area contributed by atoms with Crippen molar-refractivity contribution in [3.05, 3.63) is 45.8 Å².